The van der Waals surface area contributed by atoms with E-state index in [-0.39, 0.29) is 10.8 Å². The summed E-state index contributed by atoms with van der Waals surface area (Å²) in [5, 5.41) is 2.79. The molecular formula is C19H30N2O4S. The summed E-state index contributed by atoms with van der Waals surface area (Å²) in [5.41, 5.74) is 0.603. The Bertz CT molecular complexity index is 678. The van der Waals surface area contributed by atoms with Crippen LogP contribution in [-0.4, -0.2) is 44.9 Å². The zero-order valence-electron chi connectivity index (χ0n) is 15.9. The number of carbonyl (C=O) groups is 1. The van der Waals surface area contributed by atoms with Crippen LogP contribution in [0.3, 0.4) is 0 Å². The van der Waals surface area contributed by atoms with Crippen LogP contribution in [0.25, 0.3) is 0 Å². The van der Waals surface area contributed by atoms with Crippen LogP contribution in [0.1, 0.15) is 40.0 Å². The van der Waals surface area contributed by atoms with E-state index in [1.54, 1.807) is 28.6 Å². The lowest BCUT2D eigenvalue weighted by Crippen LogP contribution is -2.42. The Morgan fingerprint density at radius 2 is 1.81 bits per heavy atom. The average molecular weight is 383 g/mol. The molecule has 1 N–H and O–H groups in total. The van der Waals surface area contributed by atoms with Gasteiger partial charge in [0.05, 0.1) is 4.90 Å². The zero-order chi connectivity index (χ0) is 19.2. The number of rotatable bonds is 8. The molecule has 7 heteroatoms. The number of amides is 1. The maximum Gasteiger partial charge on any atom is 0.243 e. The van der Waals surface area contributed by atoms with Crippen molar-refractivity contribution in [1.29, 1.82) is 0 Å². The van der Waals surface area contributed by atoms with E-state index in [9.17, 15) is 13.2 Å². The van der Waals surface area contributed by atoms with Gasteiger partial charge in [-0.25, -0.2) is 8.42 Å². The molecule has 1 heterocycles. The van der Waals surface area contributed by atoms with Gasteiger partial charge in [-0.2, -0.15) is 4.31 Å². The smallest absolute Gasteiger partial charge is 0.243 e. The van der Waals surface area contributed by atoms with Crippen molar-refractivity contribution in [3.63, 3.8) is 0 Å². The van der Waals surface area contributed by atoms with Gasteiger partial charge in [-0.1, -0.05) is 13.8 Å². The zero-order valence-corrected chi connectivity index (χ0v) is 16.7. The minimum absolute atomic E-state index is 0.0982. The predicted octanol–water partition coefficient (Wildman–Crippen LogP) is 3.11. The first-order chi connectivity index (χ1) is 12.3. The lowest BCUT2D eigenvalue weighted by atomic mass is 9.94. The van der Waals surface area contributed by atoms with Gasteiger partial charge in [0.15, 0.2) is 0 Å². The van der Waals surface area contributed by atoms with E-state index >= 15 is 0 Å². The molecule has 1 fully saturated rings. The molecule has 1 saturated heterocycles. The summed E-state index contributed by atoms with van der Waals surface area (Å²) >= 11 is 0. The summed E-state index contributed by atoms with van der Waals surface area (Å²) < 4.78 is 32.5. The van der Waals surface area contributed by atoms with Gasteiger partial charge in [0, 0.05) is 38.4 Å². The Morgan fingerprint density at radius 3 is 2.38 bits per heavy atom. The summed E-state index contributed by atoms with van der Waals surface area (Å²) in [6.07, 6.45) is 2.10. The lowest BCUT2D eigenvalue weighted by molar-refractivity contribution is -0.116. The molecule has 0 radical (unpaired) electrons. The first-order valence-corrected chi connectivity index (χ1v) is 10.7. The highest BCUT2D eigenvalue weighted by atomic mass is 32.2. The second-order valence-electron chi connectivity index (χ2n) is 7.14. The first kappa shape index (κ1) is 20.9. The van der Waals surface area contributed by atoms with Crippen LogP contribution in [0.5, 0.6) is 0 Å². The number of sulfonamides is 1. The molecule has 2 unspecified atom stereocenters. The molecule has 0 aromatic heterocycles. The minimum Gasteiger partial charge on any atom is -0.382 e. The molecule has 0 aliphatic carbocycles. The van der Waals surface area contributed by atoms with Crippen molar-refractivity contribution >= 4 is 21.6 Å². The SMILES string of the molecule is CCOCCCC(=O)Nc1ccc(S(=O)(=O)N2CC(C)CC(C)C2)cc1. The summed E-state index contributed by atoms with van der Waals surface area (Å²) in [6.45, 7) is 8.42. The van der Waals surface area contributed by atoms with E-state index in [1.807, 2.05) is 6.92 Å². The second-order valence-corrected chi connectivity index (χ2v) is 9.08. The third-order valence-electron chi connectivity index (χ3n) is 4.51. The average Bonchev–Trinajstić information content (AvgIpc) is 2.58. The molecule has 0 saturated carbocycles. The Balaban J connectivity index is 1.96. The van der Waals surface area contributed by atoms with Gasteiger partial charge in [-0.05, 0) is 55.9 Å². The molecule has 146 valence electrons. The second kappa shape index (κ2) is 9.48. The molecule has 0 bridgehead atoms. The Morgan fingerprint density at radius 1 is 1.19 bits per heavy atom. The number of anilines is 1. The predicted molar refractivity (Wildman–Crippen MR) is 103 cm³/mol. The van der Waals surface area contributed by atoms with E-state index in [1.165, 1.54) is 0 Å². The van der Waals surface area contributed by atoms with Gasteiger partial charge in [0.1, 0.15) is 0 Å². The molecule has 26 heavy (non-hydrogen) atoms. The van der Waals surface area contributed by atoms with Crippen LogP contribution >= 0.6 is 0 Å². The van der Waals surface area contributed by atoms with Crippen LogP contribution in [0.15, 0.2) is 29.2 Å². The Hall–Kier alpha value is -1.44. The molecule has 0 spiro atoms. The van der Waals surface area contributed by atoms with Gasteiger partial charge in [0.2, 0.25) is 15.9 Å². The highest BCUT2D eigenvalue weighted by Gasteiger charge is 2.31. The van der Waals surface area contributed by atoms with E-state index < -0.39 is 10.0 Å². The number of piperidine rings is 1. The molecule has 1 aliphatic heterocycles. The normalized spacial score (nSPS) is 21.5. The van der Waals surface area contributed by atoms with Crippen molar-refractivity contribution in [3.8, 4) is 0 Å². The number of nitrogens with one attached hydrogen (secondary N) is 1. The molecule has 2 rings (SSSR count). The fourth-order valence-corrected chi connectivity index (χ4v) is 5.04. The molecule has 2 atom stereocenters. The van der Waals surface area contributed by atoms with Crippen molar-refractivity contribution in [2.24, 2.45) is 11.8 Å². The van der Waals surface area contributed by atoms with Crippen LogP contribution in [0.4, 0.5) is 5.69 Å². The van der Waals surface area contributed by atoms with Gasteiger partial charge in [-0.15, -0.1) is 0 Å². The number of ether oxygens (including phenoxy) is 1. The van der Waals surface area contributed by atoms with Gasteiger partial charge < -0.3 is 10.1 Å². The Kier molecular flexibility index (Phi) is 7.61. The fourth-order valence-electron chi connectivity index (χ4n) is 3.36. The molecule has 1 aromatic rings. The number of hydrogen-bond acceptors (Lipinski definition) is 4. The minimum atomic E-state index is -3.49. The van der Waals surface area contributed by atoms with Gasteiger partial charge in [-0.3, -0.25) is 4.79 Å². The summed E-state index contributed by atoms with van der Waals surface area (Å²) in [6, 6.07) is 6.42. The van der Waals surface area contributed by atoms with Gasteiger partial charge in [0.25, 0.3) is 0 Å². The lowest BCUT2D eigenvalue weighted by Gasteiger charge is -2.34. The van der Waals surface area contributed by atoms with Crippen molar-refractivity contribution in [3.05, 3.63) is 24.3 Å². The maximum absolute atomic E-state index is 12.8. The topological polar surface area (TPSA) is 75.7 Å². The summed E-state index contributed by atoms with van der Waals surface area (Å²) in [7, 11) is -3.49. The van der Waals surface area contributed by atoms with Crippen molar-refractivity contribution in [1.82, 2.24) is 4.31 Å². The van der Waals surface area contributed by atoms with Crippen molar-refractivity contribution in [2.45, 2.75) is 44.9 Å². The highest BCUT2D eigenvalue weighted by molar-refractivity contribution is 7.89. The van der Waals surface area contributed by atoms with Crippen molar-refractivity contribution in [2.75, 3.05) is 31.6 Å². The molecule has 1 amide bonds. The monoisotopic (exact) mass is 382 g/mol. The summed E-state index contributed by atoms with van der Waals surface area (Å²) in [4.78, 5) is 12.2. The number of hydrogen-bond donors (Lipinski definition) is 1. The fraction of sp³-hybridized carbons (Fsp3) is 0.632. The highest BCUT2D eigenvalue weighted by Crippen LogP contribution is 2.27. The third kappa shape index (κ3) is 5.79. The Labute approximate surface area is 157 Å². The van der Waals surface area contributed by atoms with Crippen LogP contribution < -0.4 is 5.32 Å². The van der Waals surface area contributed by atoms with E-state index in [0.717, 1.165) is 6.42 Å². The number of carbonyl (C=O) groups excluding carboxylic acids is 1. The van der Waals surface area contributed by atoms with E-state index in [4.69, 9.17) is 4.74 Å². The van der Waals surface area contributed by atoms with Crippen molar-refractivity contribution < 1.29 is 17.9 Å². The van der Waals surface area contributed by atoms with E-state index in [0.29, 0.717) is 56.7 Å². The molecule has 6 nitrogen and oxygen atoms in total. The molecule has 1 aliphatic rings. The number of nitrogens with zero attached hydrogens (tertiary/aromatic N) is 1. The number of benzene rings is 1. The maximum atomic E-state index is 12.8. The third-order valence-corrected chi connectivity index (χ3v) is 6.35. The van der Waals surface area contributed by atoms with Crippen LogP contribution in [-0.2, 0) is 19.6 Å². The quantitative estimate of drug-likeness (QED) is 0.701. The first-order valence-electron chi connectivity index (χ1n) is 9.30. The summed E-state index contributed by atoms with van der Waals surface area (Å²) in [5.74, 6) is 0.631. The molecule has 1 aromatic carbocycles. The largest absolute Gasteiger partial charge is 0.382 e. The molecular weight excluding hydrogens is 352 g/mol. The van der Waals surface area contributed by atoms with Crippen LogP contribution in [0.2, 0.25) is 0 Å². The van der Waals surface area contributed by atoms with Gasteiger partial charge >= 0.3 is 0 Å². The van der Waals surface area contributed by atoms with E-state index in [2.05, 4.69) is 19.2 Å². The standard InChI is InChI=1S/C19H30N2O4S/c1-4-25-11-5-6-19(22)20-17-7-9-18(10-8-17)26(23,24)21-13-15(2)12-16(3)14-21/h7-10,15-16H,4-6,11-14H2,1-3H3,(H,20,22). The van der Waals surface area contributed by atoms with Crippen LogP contribution in [0, 0.1) is 11.8 Å².